The summed E-state index contributed by atoms with van der Waals surface area (Å²) in [5.74, 6) is 0.780. The van der Waals surface area contributed by atoms with Crippen LogP contribution in [-0.2, 0) is 0 Å². The van der Waals surface area contributed by atoms with Gasteiger partial charge in [0, 0.05) is 0 Å². The zero-order chi connectivity index (χ0) is 15.7. The highest BCUT2D eigenvalue weighted by molar-refractivity contribution is 5.29. The largest absolute Gasteiger partial charge is 0.484 e. The van der Waals surface area contributed by atoms with Crippen LogP contribution >= 0.6 is 0 Å². The van der Waals surface area contributed by atoms with Crippen LogP contribution in [-0.4, -0.2) is 12.8 Å². The van der Waals surface area contributed by atoms with E-state index in [-0.39, 0.29) is 5.75 Å². The summed E-state index contributed by atoms with van der Waals surface area (Å²) in [7, 11) is 0. The maximum absolute atomic E-state index is 12.1. The van der Waals surface area contributed by atoms with Crippen molar-refractivity contribution >= 4 is 0 Å². The predicted molar refractivity (Wildman–Crippen MR) is 79.8 cm³/mol. The number of hydrogen-bond donors (Lipinski definition) is 0. The van der Waals surface area contributed by atoms with Gasteiger partial charge in [0.2, 0.25) is 0 Å². The second-order valence-corrected chi connectivity index (χ2v) is 5.45. The molecule has 0 bridgehead atoms. The van der Waals surface area contributed by atoms with E-state index in [1.165, 1.54) is 18.4 Å². The van der Waals surface area contributed by atoms with Gasteiger partial charge in [-0.25, -0.2) is 0 Å². The van der Waals surface area contributed by atoms with Crippen LogP contribution in [0.1, 0.15) is 63.9 Å². The van der Waals surface area contributed by atoms with Crippen LogP contribution in [0.15, 0.2) is 24.3 Å². The van der Waals surface area contributed by atoms with Crippen molar-refractivity contribution in [3.63, 3.8) is 0 Å². The van der Waals surface area contributed by atoms with Crippen molar-refractivity contribution in [3.05, 3.63) is 29.8 Å². The number of rotatable bonds is 9. The molecule has 0 N–H and O–H groups in total. The van der Waals surface area contributed by atoms with Gasteiger partial charge in [-0.05, 0) is 36.5 Å². The summed E-state index contributed by atoms with van der Waals surface area (Å²) in [4.78, 5) is 0. The molecule has 1 aromatic rings. The normalized spacial score (nSPS) is 11.9. The Labute approximate surface area is 125 Å². The molecule has 0 aliphatic carbocycles. The molecular formula is C17H25F3O. The van der Waals surface area contributed by atoms with E-state index in [2.05, 4.69) is 13.8 Å². The Hall–Kier alpha value is -1.19. The fraction of sp³-hybridized carbons (Fsp3) is 0.647. The molecule has 0 aromatic heterocycles. The van der Waals surface area contributed by atoms with Crippen molar-refractivity contribution in [3.8, 4) is 5.75 Å². The molecule has 0 amide bonds. The molecule has 0 unspecified atom stereocenters. The number of halogens is 3. The van der Waals surface area contributed by atoms with Gasteiger partial charge in [0.25, 0.3) is 0 Å². The van der Waals surface area contributed by atoms with Gasteiger partial charge in [0.1, 0.15) is 5.75 Å². The molecule has 1 nitrogen and oxygen atoms in total. The van der Waals surface area contributed by atoms with Gasteiger partial charge < -0.3 is 4.74 Å². The predicted octanol–water partition coefficient (Wildman–Crippen LogP) is 6.09. The highest BCUT2D eigenvalue weighted by Gasteiger charge is 2.28. The highest BCUT2D eigenvalue weighted by atomic mass is 19.4. The first-order valence-electron chi connectivity index (χ1n) is 7.75. The molecule has 0 saturated carbocycles. The minimum Gasteiger partial charge on any atom is -0.484 e. The fourth-order valence-electron chi connectivity index (χ4n) is 2.38. The lowest BCUT2D eigenvalue weighted by molar-refractivity contribution is -0.153. The lowest BCUT2D eigenvalue weighted by Crippen LogP contribution is -2.19. The molecule has 0 fully saturated rings. The molecule has 1 aromatic carbocycles. The summed E-state index contributed by atoms with van der Waals surface area (Å²) in [5.41, 5.74) is 1.20. The Morgan fingerprint density at radius 2 is 1.48 bits per heavy atom. The van der Waals surface area contributed by atoms with E-state index in [1.807, 2.05) is 12.1 Å². The van der Waals surface area contributed by atoms with Crippen LogP contribution in [0.2, 0.25) is 0 Å². The molecular weight excluding hydrogens is 277 g/mol. The van der Waals surface area contributed by atoms with E-state index >= 15 is 0 Å². The van der Waals surface area contributed by atoms with Gasteiger partial charge in [0.05, 0.1) is 0 Å². The molecule has 4 heteroatoms. The van der Waals surface area contributed by atoms with E-state index in [4.69, 9.17) is 4.74 Å². The first-order valence-corrected chi connectivity index (χ1v) is 7.75. The lowest BCUT2D eigenvalue weighted by atomic mass is 9.89. The number of benzene rings is 1. The third-order valence-corrected chi connectivity index (χ3v) is 3.57. The molecule has 0 saturated heterocycles. The van der Waals surface area contributed by atoms with Crippen LogP contribution in [0.25, 0.3) is 0 Å². The summed E-state index contributed by atoms with van der Waals surface area (Å²) < 4.78 is 41.1. The SMILES string of the molecule is CCCCC(CCCC)c1ccc(OCC(F)(F)F)cc1. The second-order valence-electron chi connectivity index (χ2n) is 5.45. The zero-order valence-electron chi connectivity index (χ0n) is 12.9. The molecule has 21 heavy (non-hydrogen) atoms. The second kappa shape index (κ2) is 8.96. The van der Waals surface area contributed by atoms with Crippen molar-refractivity contribution in [2.45, 2.75) is 64.5 Å². The number of unbranched alkanes of at least 4 members (excludes halogenated alkanes) is 2. The van der Waals surface area contributed by atoms with E-state index in [9.17, 15) is 13.2 Å². The quantitative estimate of drug-likeness (QED) is 0.536. The lowest BCUT2D eigenvalue weighted by Gasteiger charge is -2.17. The Kier molecular flexibility index (Phi) is 7.62. The summed E-state index contributed by atoms with van der Waals surface area (Å²) in [6.07, 6.45) is 2.67. The summed E-state index contributed by atoms with van der Waals surface area (Å²) in [6, 6.07) is 7.10. The van der Waals surface area contributed by atoms with E-state index in [0.717, 1.165) is 25.7 Å². The van der Waals surface area contributed by atoms with Crippen molar-refractivity contribution in [2.75, 3.05) is 6.61 Å². The first kappa shape index (κ1) is 17.9. The Morgan fingerprint density at radius 1 is 0.952 bits per heavy atom. The van der Waals surface area contributed by atoms with Crippen LogP contribution in [0, 0.1) is 0 Å². The summed E-state index contributed by atoms with van der Waals surface area (Å²) in [5, 5.41) is 0. The standard InChI is InChI=1S/C17H25F3O/c1-3-5-7-14(8-6-4-2)15-9-11-16(12-10-15)21-13-17(18,19)20/h9-12,14H,3-8,13H2,1-2H3. The number of hydrogen-bond acceptors (Lipinski definition) is 1. The highest BCUT2D eigenvalue weighted by Crippen LogP contribution is 2.29. The third-order valence-electron chi connectivity index (χ3n) is 3.57. The molecule has 120 valence electrons. The fourth-order valence-corrected chi connectivity index (χ4v) is 2.38. The molecule has 0 atom stereocenters. The Balaban J connectivity index is 2.63. The number of alkyl halides is 3. The summed E-state index contributed by atoms with van der Waals surface area (Å²) >= 11 is 0. The third kappa shape index (κ3) is 7.39. The van der Waals surface area contributed by atoms with Crippen LogP contribution in [0.4, 0.5) is 13.2 Å². The first-order chi connectivity index (χ1) is 9.96. The van der Waals surface area contributed by atoms with Gasteiger partial charge in [-0.1, -0.05) is 51.7 Å². The van der Waals surface area contributed by atoms with Crippen LogP contribution in [0.3, 0.4) is 0 Å². The topological polar surface area (TPSA) is 9.23 Å². The smallest absolute Gasteiger partial charge is 0.422 e. The van der Waals surface area contributed by atoms with E-state index in [0.29, 0.717) is 5.92 Å². The molecule has 0 spiro atoms. The Morgan fingerprint density at radius 3 is 1.90 bits per heavy atom. The molecule has 0 aliphatic rings. The van der Waals surface area contributed by atoms with Crippen LogP contribution < -0.4 is 4.74 Å². The average molecular weight is 302 g/mol. The van der Waals surface area contributed by atoms with Gasteiger partial charge in [-0.2, -0.15) is 13.2 Å². The van der Waals surface area contributed by atoms with E-state index in [1.54, 1.807) is 12.1 Å². The van der Waals surface area contributed by atoms with E-state index < -0.39 is 12.8 Å². The van der Waals surface area contributed by atoms with Gasteiger partial charge in [0.15, 0.2) is 6.61 Å². The van der Waals surface area contributed by atoms with Crippen molar-refractivity contribution in [2.24, 2.45) is 0 Å². The van der Waals surface area contributed by atoms with Crippen LogP contribution in [0.5, 0.6) is 5.75 Å². The minimum atomic E-state index is -4.29. The van der Waals surface area contributed by atoms with Gasteiger partial charge in [-0.15, -0.1) is 0 Å². The summed E-state index contributed by atoms with van der Waals surface area (Å²) in [6.45, 7) is 3.11. The van der Waals surface area contributed by atoms with Crippen molar-refractivity contribution in [1.82, 2.24) is 0 Å². The minimum absolute atomic E-state index is 0.279. The van der Waals surface area contributed by atoms with Crippen molar-refractivity contribution < 1.29 is 17.9 Å². The number of ether oxygens (including phenoxy) is 1. The maximum atomic E-state index is 12.1. The molecule has 0 radical (unpaired) electrons. The maximum Gasteiger partial charge on any atom is 0.422 e. The molecule has 0 heterocycles. The zero-order valence-corrected chi connectivity index (χ0v) is 12.9. The molecule has 0 aliphatic heterocycles. The van der Waals surface area contributed by atoms with Crippen molar-refractivity contribution in [1.29, 1.82) is 0 Å². The van der Waals surface area contributed by atoms with Gasteiger partial charge >= 0.3 is 6.18 Å². The average Bonchev–Trinajstić information content (AvgIpc) is 2.45. The Bertz CT molecular complexity index is 376. The molecule has 1 rings (SSSR count). The monoisotopic (exact) mass is 302 g/mol. The van der Waals surface area contributed by atoms with Gasteiger partial charge in [-0.3, -0.25) is 0 Å².